The van der Waals surface area contributed by atoms with Gasteiger partial charge in [0.25, 0.3) is 0 Å². The Labute approximate surface area is 92.8 Å². The van der Waals surface area contributed by atoms with E-state index in [0.717, 1.165) is 16.9 Å². The van der Waals surface area contributed by atoms with E-state index in [0.29, 0.717) is 18.0 Å². The second-order valence-corrected chi connectivity index (χ2v) is 3.65. The van der Waals surface area contributed by atoms with E-state index in [4.69, 9.17) is 21.9 Å². The number of hydrogen-bond donors (Lipinski definition) is 1. The first kappa shape index (κ1) is 10.2. The molecule has 4 heteroatoms. The van der Waals surface area contributed by atoms with E-state index in [2.05, 4.69) is 5.16 Å². The lowest BCUT2D eigenvalue weighted by Crippen LogP contribution is -2.02. The highest BCUT2D eigenvalue weighted by molar-refractivity contribution is 6.30. The molecule has 1 aromatic heterocycles. The van der Waals surface area contributed by atoms with E-state index in [1.807, 2.05) is 24.3 Å². The molecule has 3 nitrogen and oxygen atoms in total. The zero-order chi connectivity index (χ0) is 10.7. The Bertz CT molecular complexity index is 453. The largest absolute Gasteiger partial charge is 0.361 e. The van der Waals surface area contributed by atoms with Crippen molar-refractivity contribution in [3.63, 3.8) is 0 Å². The molecule has 0 bridgehead atoms. The van der Waals surface area contributed by atoms with Gasteiger partial charge in [0.15, 0.2) is 0 Å². The third kappa shape index (κ3) is 2.19. The van der Waals surface area contributed by atoms with E-state index in [1.54, 1.807) is 6.20 Å². The van der Waals surface area contributed by atoms with Crippen molar-refractivity contribution in [3.8, 4) is 11.1 Å². The molecule has 2 N–H and O–H groups in total. The summed E-state index contributed by atoms with van der Waals surface area (Å²) in [6.45, 7) is 0.544. The molecule has 0 aliphatic rings. The molecule has 0 unspecified atom stereocenters. The Morgan fingerprint density at radius 1 is 1.40 bits per heavy atom. The third-order valence-corrected chi connectivity index (χ3v) is 2.39. The predicted molar refractivity (Wildman–Crippen MR) is 59.7 cm³/mol. The normalized spacial score (nSPS) is 10.5. The standard InChI is InChI=1S/C11H11ClN2O/c12-9-3-1-2-8(6-9)10-7-14-15-11(10)4-5-13/h1-3,6-7H,4-5,13H2. The summed E-state index contributed by atoms with van der Waals surface area (Å²) >= 11 is 5.92. The molecule has 0 aliphatic heterocycles. The van der Waals surface area contributed by atoms with Crippen molar-refractivity contribution in [3.05, 3.63) is 41.2 Å². The van der Waals surface area contributed by atoms with E-state index in [-0.39, 0.29) is 0 Å². The van der Waals surface area contributed by atoms with Crippen LogP contribution in [0.5, 0.6) is 0 Å². The first-order chi connectivity index (χ1) is 7.31. The fraction of sp³-hybridized carbons (Fsp3) is 0.182. The van der Waals surface area contributed by atoms with E-state index in [9.17, 15) is 0 Å². The van der Waals surface area contributed by atoms with Crippen molar-refractivity contribution in [2.75, 3.05) is 6.54 Å². The molecule has 1 heterocycles. The molecule has 0 atom stereocenters. The molecule has 1 aromatic carbocycles. The van der Waals surface area contributed by atoms with Gasteiger partial charge in [-0.2, -0.15) is 0 Å². The minimum Gasteiger partial charge on any atom is -0.361 e. The summed E-state index contributed by atoms with van der Waals surface area (Å²) < 4.78 is 5.13. The molecule has 2 aromatic rings. The highest BCUT2D eigenvalue weighted by Crippen LogP contribution is 2.25. The quantitative estimate of drug-likeness (QED) is 0.868. The van der Waals surface area contributed by atoms with Crippen LogP contribution in [0.15, 0.2) is 35.0 Å². The van der Waals surface area contributed by atoms with E-state index < -0.39 is 0 Å². The third-order valence-electron chi connectivity index (χ3n) is 2.15. The van der Waals surface area contributed by atoms with E-state index >= 15 is 0 Å². The Morgan fingerprint density at radius 2 is 2.27 bits per heavy atom. The number of aromatic nitrogens is 1. The number of nitrogens with two attached hydrogens (primary N) is 1. The zero-order valence-corrected chi connectivity index (χ0v) is 8.87. The van der Waals surface area contributed by atoms with Crippen LogP contribution in [-0.2, 0) is 6.42 Å². The fourth-order valence-electron chi connectivity index (χ4n) is 1.47. The van der Waals surface area contributed by atoms with Crippen LogP contribution < -0.4 is 5.73 Å². The first-order valence-corrected chi connectivity index (χ1v) is 5.08. The van der Waals surface area contributed by atoms with Crippen LogP contribution in [0.2, 0.25) is 5.02 Å². The maximum atomic E-state index is 5.92. The van der Waals surface area contributed by atoms with Crippen LogP contribution in [0.4, 0.5) is 0 Å². The summed E-state index contributed by atoms with van der Waals surface area (Å²) in [6.07, 6.45) is 2.37. The smallest absolute Gasteiger partial charge is 0.145 e. The lowest BCUT2D eigenvalue weighted by Gasteiger charge is -2.00. The van der Waals surface area contributed by atoms with Gasteiger partial charge in [0.1, 0.15) is 5.76 Å². The van der Waals surface area contributed by atoms with Gasteiger partial charge in [-0.3, -0.25) is 0 Å². The topological polar surface area (TPSA) is 52.0 Å². The second-order valence-electron chi connectivity index (χ2n) is 3.21. The number of rotatable bonds is 3. The highest BCUT2D eigenvalue weighted by atomic mass is 35.5. The fourth-order valence-corrected chi connectivity index (χ4v) is 1.66. The summed E-state index contributed by atoms with van der Waals surface area (Å²) in [7, 11) is 0. The molecule has 0 fully saturated rings. The predicted octanol–water partition coefficient (Wildman–Crippen LogP) is 2.50. The number of hydrogen-bond acceptors (Lipinski definition) is 3. The minimum atomic E-state index is 0.544. The molecule has 78 valence electrons. The highest BCUT2D eigenvalue weighted by Gasteiger charge is 2.09. The maximum absolute atomic E-state index is 5.92. The van der Waals surface area contributed by atoms with Crippen molar-refractivity contribution in [1.29, 1.82) is 0 Å². The molecule has 0 saturated heterocycles. The average Bonchev–Trinajstić information content (AvgIpc) is 2.66. The van der Waals surface area contributed by atoms with Gasteiger partial charge in [0.05, 0.1) is 6.20 Å². The zero-order valence-electron chi connectivity index (χ0n) is 8.11. The molecule has 15 heavy (non-hydrogen) atoms. The molecule has 0 amide bonds. The Hall–Kier alpha value is -1.32. The number of nitrogens with zero attached hydrogens (tertiary/aromatic N) is 1. The summed E-state index contributed by atoms with van der Waals surface area (Å²) in [5.41, 5.74) is 7.45. The van der Waals surface area contributed by atoms with Crippen molar-refractivity contribution < 1.29 is 4.52 Å². The Morgan fingerprint density at radius 3 is 3.00 bits per heavy atom. The van der Waals surface area contributed by atoms with Gasteiger partial charge in [-0.05, 0) is 24.2 Å². The van der Waals surface area contributed by atoms with Crippen LogP contribution in [0.25, 0.3) is 11.1 Å². The Balaban J connectivity index is 2.40. The lowest BCUT2D eigenvalue weighted by molar-refractivity contribution is 0.385. The van der Waals surface area contributed by atoms with Crippen molar-refractivity contribution in [1.82, 2.24) is 5.16 Å². The summed E-state index contributed by atoms with van der Waals surface area (Å²) in [5, 5.41) is 4.47. The SMILES string of the molecule is NCCc1oncc1-c1cccc(Cl)c1. The van der Waals surface area contributed by atoms with Gasteiger partial charge >= 0.3 is 0 Å². The first-order valence-electron chi connectivity index (χ1n) is 4.71. The maximum Gasteiger partial charge on any atom is 0.145 e. The summed E-state index contributed by atoms with van der Waals surface area (Å²) in [6, 6.07) is 7.59. The lowest BCUT2D eigenvalue weighted by atomic mass is 10.1. The van der Waals surface area contributed by atoms with Gasteiger partial charge in [-0.15, -0.1) is 0 Å². The van der Waals surface area contributed by atoms with Gasteiger partial charge < -0.3 is 10.3 Å². The van der Waals surface area contributed by atoms with Crippen molar-refractivity contribution >= 4 is 11.6 Å². The average molecular weight is 223 g/mol. The van der Waals surface area contributed by atoms with Gasteiger partial charge in [-0.1, -0.05) is 28.9 Å². The summed E-state index contributed by atoms with van der Waals surface area (Å²) in [4.78, 5) is 0. The minimum absolute atomic E-state index is 0.544. The molecule has 2 rings (SSSR count). The molecule has 0 radical (unpaired) electrons. The molecule has 0 saturated carbocycles. The Kier molecular flexibility index (Phi) is 3.04. The van der Waals surface area contributed by atoms with Gasteiger partial charge in [-0.25, -0.2) is 0 Å². The van der Waals surface area contributed by atoms with Crippen LogP contribution in [0.1, 0.15) is 5.76 Å². The van der Waals surface area contributed by atoms with Gasteiger partial charge in [0.2, 0.25) is 0 Å². The molecular weight excluding hydrogens is 212 g/mol. The van der Waals surface area contributed by atoms with Crippen molar-refractivity contribution in [2.24, 2.45) is 5.73 Å². The van der Waals surface area contributed by atoms with Crippen LogP contribution in [0, 0.1) is 0 Å². The number of halogens is 1. The van der Waals surface area contributed by atoms with E-state index in [1.165, 1.54) is 0 Å². The van der Waals surface area contributed by atoms with Crippen LogP contribution in [0.3, 0.4) is 0 Å². The second kappa shape index (κ2) is 4.47. The summed E-state index contributed by atoms with van der Waals surface area (Å²) in [5.74, 6) is 0.805. The molecular formula is C11H11ClN2O. The van der Waals surface area contributed by atoms with Crippen LogP contribution in [-0.4, -0.2) is 11.7 Å². The van der Waals surface area contributed by atoms with Crippen LogP contribution >= 0.6 is 11.6 Å². The molecule has 0 spiro atoms. The molecule has 0 aliphatic carbocycles. The number of benzene rings is 1. The van der Waals surface area contributed by atoms with Gasteiger partial charge in [0, 0.05) is 17.0 Å². The monoisotopic (exact) mass is 222 g/mol. The van der Waals surface area contributed by atoms with Crippen molar-refractivity contribution in [2.45, 2.75) is 6.42 Å².